The fourth-order valence-electron chi connectivity index (χ4n) is 4.09. The van der Waals surface area contributed by atoms with Crippen LogP contribution in [0.2, 0.25) is 0 Å². The summed E-state index contributed by atoms with van der Waals surface area (Å²) in [6.45, 7) is 4.80. The minimum Gasteiger partial charge on any atom is -0.497 e. The number of ether oxygens (including phenoxy) is 1. The summed E-state index contributed by atoms with van der Waals surface area (Å²) >= 11 is 0. The molecule has 1 fully saturated rings. The van der Waals surface area contributed by atoms with Crippen molar-refractivity contribution in [2.24, 2.45) is 0 Å². The Bertz CT molecular complexity index is 812. The summed E-state index contributed by atoms with van der Waals surface area (Å²) in [6.07, 6.45) is 10.4. The summed E-state index contributed by atoms with van der Waals surface area (Å²) in [6, 6.07) is 10.4. The molecular weight excluding hydrogens is 362 g/mol. The molecule has 2 aromatic rings. The van der Waals surface area contributed by atoms with E-state index in [4.69, 9.17) is 4.74 Å². The van der Waals surface area contributed by atoms with Crippen LogP contribution in [0, 0.1) is 0 Å². The summed E-state index contributed by atoms with van der Waals surface area (Å²) in [5.74, 6) is 2.82. The van der Waals surface area contributed by atoms with Gasteiger partial charge in [0.25, 0.3) is 0 Å². The van der Waals surface area contributed by atoms with Crippen molar-refractivity contribution in [2.45, 2.75) is 32.1 Å². The number of allylic oxidation sites excluding steroid dienone is 1. The molecule has 6 nitrogen and oxygen atoms in total. The van der Waals surface area contributed by atoms with Gasteiger partial charge < -0.3 is 19.9 Å². The van der Waals surface area contributed by atoms with E-state index in [-0.39, 0.29) is 0 Å². The first kappa shape index (κ1) is 19.6. The monoisotopic (exact) mass is 393 g/mol. The van der Waals surface area contributed by atoms with E-state index in [2.05, 4.69) is 49.4 Å². The lowest BCUT2D eigenvalue weighted by Gasteiger charge is -2.36. The number of rotatable bonds is 7. The molecule has 0 bridgehead atoms. The lowest BCUT2D eigenvalue weighted by atomic mass is 9.97. The number of benzene rings is 1. The molecule has 1 aliphatic carbocycles. The van der Waals surface area contributed by atoms with E-state index < -0.39 is 0 Å². The van der Waals surface area contributed by atoms with E-state index in [1.165, 1.54) is 31.4 Å². The van der Waals surface area contributed by atoms with Gasteiger partial charge >= 0.3 is 0 Å². The molecule has 0 atom stereocenters. The maximum Gasteiger partial charge on any atom is 0.134 e. The maximum atomic E-state index is 5.25. The summed E-state index contributed by atoms with van der Waals surface area (Å²) in [7, 11) is 1.70. The van der Waals surface area contributed by atoms with Crippen LogP contribution >= 0.6 is 0 Å². The third-order valence-corrected chi connectivity index (χ3v) is 5.83. The Labute approximate surface area is 173 Å². The van der Waals surface area contributed by atoms with Gasteiger partial charge in [0.05, 0.1) is 7.11 Å². The van der Waals surface area contributed by atoms with Gasteiger partial charge in [0, 0.05) is 44.5 Å². The first-order valence-corrected chi connectivity index (χ1v) is 10.7. The summed E-state index contributed by atoms with van der Waals surface area (Å²) in [5, 5.41) is 3.48. The Morgan fingerprint density at radius 3 is 2.52 bits per heavy atom. The van der Waals surface area contributed by atoms with Crippen molar-refractivity contribution >= 4 is 17.3 Å². The van der Waals surface area contributed by atoms with Crippen molar-refractivity contribution in [3.63, 3.8) is 0 Å². The van der Waals surface area contributed by atoms with Crippen molar-refractivity contribution < 1.29 is 4.74 Å². The molecule has 0 unspecified atom stereocenters. The molecular formula is C23H31N5O. The number of piperazine rings is 1. The molecule has 0 amide bonds. The van der Waals surface area contributed by atoms with Crippen LogP contribution in [0.1, 0.15) is 32.1 Å². The topological polar surface area (TPSA) is 53.5 Å². The SMILES string of the molecule is COc1ccc(N2CCN(c3cc(NCCC4=CCCCC4)ncn3)CC2)cc1. The standard InChI is InChI=1S/C23H31N5O/c1-29-21-9-7-20(8-10-21)27-13-15-28(16-14-27)23-17-22(25-18-26-23)24-12-11-19-5-3-2-4-6-19/h5,7-10,17-18H,2-4,6,11-16H2,1H3,(H,24,25,26). The molecule has 0 radical (unpaired) electrons. The zero-order valence-electron chi connectivity index (χ0n) is 17.3. The molecule has 154 valence electrons. The highest BCUT2D eigenvalue weighted by molar-refractivity contribution is 5.53. The Hall–Kier alpha value is -2.76. The Kier molecular flexibility index (Phi) is 6.49. The normalized spacial score (nSPS) is 17.1. The van der Waals surface area contributed by atoms with Crippen molar-refractivity contribution in [3.8, 4) is 5.75 Å². The number of nitrogens with zero attached hydrogens (tertiary/aromatic N) is 4. The van der Waals surface area contributed by atoms with Crippen molar-refractivity contribution in [1.82, 2.24) is 9.97 Å². The van der Waals surface area contributed by atoms with Gasteiger partial charge in [-0.2, -0.15) is 0 Å². The molecule has 1 saturated heterocycles. The zero-order valence-corrected chi connectivity index (χ0v) is 17.3. The van der Waals surface area contributed by atoms with Gasteiger partial charge in [0.1, 0.15) is 23.7 Å². The van der Waals surface area contributed by atoms with E-state index in [1.54, 1.807) is 19.0 Å². The highest BCUT2D eigenvalue weighted by atomic mass is 16.5. The molecule has 2 aliphatic rings. The van der Waals surface area contributed by atoms with Gasteiger partial charge in [-0.3, -0.25) is 0 Å². The largest absolute Gasteiger partial charge is 0.497 e. The molecule has 4 rings (SSSR count). The van der Waals surface area contributed by atoms with Crippen LogP contribution < -0.4 is 19.9 Å². The molecule has 1 aliphatic heterocycles. The number of methoxy groups -OCH3 is 1. The van der Waals surface area contributed by atoms with Crippen LogP contribution in [0.15, 0.2) is 48.3 Å². The predicted molar refractivity (Wildman–Crippen MR) is 119 cm³/mol. The Balaban J connectivity index is 1.29. The van der Waals surface area contributed by atoms with Crippen LogP contribution in [-0.4, -0.2) is 49.8 Å². The Morgan fingerprint density at radius 1 is 1.00 bits per heavy atom. The fourth-order valence-corrected chi connectivity index (χ4v) is 4.09. The van der Waals surface area contributed by atoms with Crippen molar-refractivity contribution in [2.75, 3.05) is 55.0 Å². The van der Waals surface area contributed by atoms with Crippen LogP contribution in [-0.2, 0) is 0 Å². The quantitative estimate of drug-likeness (QED) is 0.715. The van der Waals surface area contributed by atoms with Crippen LogP contribution in [0.25, 0.3) is 0 Å². The van der Waals surface area contributed by atoms with Gasteiger partial charge in [0.15, 0.2) is 0 Å². The zero-order chi connectivity index (χ0) is 19.9. The smallest absolute Gasteiger partial charge is 0.134 e. The van der Waals surface area contributed by atoms with Gasteiger partial charge in [-0.15, -0.1) is 0 Å². The number of hydrogen-bond acceptors (Lipinski definition) is 6. The second kappa shape index (κ2) is 9.63. The number of hydrogen-bond donors (Lipinski definition) is 1. The van der Waals surface area contributed by atoms with Crippen molar-refractivity contribution in [3.05, 3.63) is 48.3 Å². The van der Waals surface area contributed by atoms with Gasteiger partial charge in [-0.1, -0.05) is 11.6 Å². The number of aromatic nitrogens is 2. The molecule has 29 heavy (non-hydrogen) atoms. The highest BCUT2D eigenvalue weighted by Gasteiger charge is 2.19. The van der Waals surface area contributed by atoms with Crippen LogP contribution in [0.3, 0.4) is 0 Å². The van der Waals surface area contributed by atoms with E-state index in [0.29, 0.717) is 0 Å². The van der Waals surface area contributed by atoms with E-state index in [0.717, 1.165) is 56.5 Å². The predicted octanol–water partition coefficient (Wildman–Crippen LogP) is 4.11. The number of anilines is 3. The molecule has 0 saturated carbocycles. The lowest BCUT2D eigenvalue weighted by Crippen LogP contribution is -2.46. The first-order chi connectivity index (χ1) is 14.3. The highest BCUT2D eigenvalue weighted by Crippen LogP contribution is 2.23. The first-order valence-electron chi connectivity index (χ1n) is 10.7. The number of nitrogens with one attached hydrogen (secondary N) is 1. The van der Waals surface area contributed by atoms with Crippen molar-refractivity contribution in [1.29, 1.82) is 0 Å². The minimum absolute atomic E-state index is 0.896. The van der Waals surface area contributed by atoms with Crippen LogP contribution in [0.4, 0.5) is 17.3 Å². The van der Waals surface area contributed by atoms with E-state index in [9.17, 15) is 0 Å². The second-order valence-corrected chi connectivity index (χ2v) is 7.72. The Morgan fingerprint density at radius 2 is 1.79 bits per heavy atom. The minimum atomic E-state index is 0.896. The summed E-state index contributed by atoms with van der Waals surface area (Å²) in [5.41, 5.74) is 2.83. The average Bonchev–Trinajstić information content (AvgIpc) is 2.80. The summed E-state index contributed by atoms with van der Waals surface area (Å²) in [4.78, 5) is 13.7. The summed E-state index contributed by atoms with van der Waals surface area (Å²) < 4.78 is 5.25. The van der Waals surface area contributed by atoms with Gasteiger partial charge in [0.2, 0.25) is 0 Å². The van der Waals surface area contributed by atoms with Gasteiger partial charge in [-0.25, -0.2) is 9.97 Å². The molecule has 1 aromatic carbocycles. The molecule has 0 spiro atoms. The van der Waals surface area contributed by atoms with E-state index in [1.807, 2.05) is 12.1 Å². The average molecular weight is 394 g/mol. The molecule has 6 heteroatoms. The van der Waals surface area contributed by atoms with Gasteiger partial charge in [-0.05, 0) is 56.4 Å². The molecule has 1 aromatic heterocycles. The van der Waals surface area contributed by atoms with E-state index >= 15 is 0 Å². The third-order valence-electron chi connectivity index (χ3n) is 5.83. The molecule has 2 heterocycles. The fraction of sp³-hybridized carbons (Fsp3) is 0.478. The molecule has 1 N–H and O–H groups in total. The lowest BCUT2D eigenvalue weighted by molar-refractivity contribution is 0.415. The second-order valence-electron chi connectivity index (χ2n) is 7.72. The third kappa shape index (κ3) is 5.19. The maximum absolute atomic E-state index is 5.25. The van der Waals surface area contributed by atoms with Crippen LogP contribution in [0.5, 0.6) is 5.75 Å².